The number of para-hydroxylation sites is 1. The molecule has 0 aliphatic carbocycles. The number of hydrogen-bond donors (Lipinski definition) is 1. The SMILES string of the molecule is CCNC(=NCc1ccc(N2CCCC2=O)cc1)N1CCC(Oc2ccccc2)CC1. The average Bonchev–Trinajstić information content (AvgIpc) is 3.24. The Bertz CT molecular complexity index is 874. The quantitative estimate of drug-likeness (QED) is 0.570. The fraction of sp³-hybridized carbons (Fsp3) is 0.440. The highest BCUT2D eigenvalue weighted by molar-refractivity contribution is 5.95. The molecule has 31 heavy (non-hydrogen) atoms. The van der Waals surface area contributed by atoms with Crippen LogP contribution in [0.15, 0.2) is 59.6 Å². The van der Waals surface area contributed by atoms with Gasteiger partial charge in [-0.05, 0) is 43.2 Å². The second-order valence-corrected chi connectivity index (χ2v) is 8.10. The molecule has 2 aromatic carbocycles. The van der Waals surface area contributed by atoms with Gasteiger partial charge in [-0.1, -0.05) is 30.3 Å². The average molecular weight is 421 g/mol. The monoisotopic (exact) mass is 420 g/mol. The summed E-state index contributed by atoms with van der Waals surface area (Å²) in [5, 5.41) is 3.43. The fourth-order valence-electron chi connectivity index (χ4n) is 4.17. The molecular weight excluding hydrogens is 388 g/mol. The number of nitrogens with zero attached hydrogens (tertiary/aromatic N) is 3. The molecule has 1 amide bonds. The highest BCUT2D eigenvalue weighted by Crippen LogP contribution is 2.22. The van der Waals surface area contributed by atoms with Crippen molar-refractivity contribution in [3.8, 4) is 5.75 Å². The predicted molar refractivity (Wildman–Crippen MR) is 125 cm³/mol. The van der Waals surface area contributed by atoms with E-state index in [-0.39, 0.29) is 12.0 Å². The van der Waals surface area contributed by atoms with Crippen molar-refractivity contribution in [1.82, 2.24) is 10.2 Å². The zero-order valence-corrected chi connectivity index (χ0v) is 18.3. The number of amides is 1. The zero-order valence-electron chi connectivity index (χ0n) is 18.3. The van der Waals surface area contributed by atoms with Crippen LogP contribution in [0.5, 0.6) is 5.75 Å². The molecule has 0 bridgehead atoms. The largest absolute Gasteiger partial charge is 0.490 e. The maximum atomic E-state index is 11.9. The molecule has 2 saturated heterocycles. The first-order valence-corrected chi connectivity index (χ1v) is 11.4. The summed E-state index contributed by atoms with van der Waals surface area (Å²) in [7, 11) is 0. The van der Waals surface area contributed by atoms with Gasteiger partial charge in [0, 0.05) is 51.1 Å². The Morgan fingerprint density at radius 2 is 1.81 bits per heavy atom. The van der Waals surface area contributed by atoms with Gasteiger partial charge in [0.15, 0.2) is 5.96 Å². The molecule has 2 aromatic rings. The Morgan fingerprint density at radius 1 is 1.06 bits per heavy atom. The lowest BCUT2D eigenvalue weighted by atomic mass is 10.1. The highest BCUT2D eigenvalue weighted by Gasteiger charge is 2.23. The molecule has 6 nitrogen and oxygen atoms in total. The number of likely N-dealkylation sites (tertiary alicyclic amines) is 1. The van der Waals surface area contributed by atoms with Crippen molar-refractivity contribution in [2.75, 3.05) is 31.1 Å². The van der Waals surface area contributed by atoms with Gasteiger partial charge in [-0.25, -0.2) is 4.99 Å². The van der Waals surface area contributed by atoms with Crippen LogP contribution in [0.25, 0.3) is 0 Å². The maximum Gasteiger partial charge on any atom is 0.227 e. The van der Waals surface area contributed by atoms with Crippen molar-refractivity contribution in [3.63, 3.8) is 0 Å². The maximum absolute atomic E-state index is 11.9. The molecule has 164 valence electrons. The number of carbonyl (C=O) groups is 1. The molecular formula is C25H32N4O2. The molecule has 0 unspecified atom stereocenters. The number of carbonyl (C=O) groups excluding carboxylic acids is 1. The molecule has 0 atom stereocenters. The van der Waals surface area contributed by atoms with Crippen molar-refractivity contribution in [1.29, 1.82) is 0 Å². The lowest BCUT2D eigenvalue weighted by Gasteiger charge is -2.34. The van der Waals surface area contributed by atoms with Crippen molar-refractivity contribution >= 4 is 17.6 Å². The van der Waals surface area contributed by atoms with Crippen molar-refractivity contribution in [2.24, 2.45) is 4.99 Å². The number of nitrogens with one attached hydrogen (secondary N) is 1. The molecule has 2 heterocycles. The lowest BCUT2D eigenvalue weighted by molar-refractivity contribution is -0.117. The van der Waals surface area contributed by atoms with Gasteiger partial charge < -0.3 is 19.9 Å². The summed E-state index contributed by atoms with van der Waals surface area (Å²) in [5.74, 6) is 2.12. The molecule has 6 heteroatoms. The van der Waals surface area contributed by atoms with Crippen LogP contribution in [-0.2, 0) is 11.3 Å². The number of hydrogen-bond acceptors (Lipinski definition) is 3. The Kier molecular flexibility index (Phi) is 7.07. The van der Waals surface area contributed by atoms with E-state index >= 15 is 0 Å². The van der Waals surface area contributed by atoms with Crippen LogP contribution in [-0.4, -0.2) is 49.0 Å². The molecule has 2 aliphatic heterocycles. The molecule has 4 rings (SSSR count). The number of rotatable bonds is 6. The van der Waals surface area contributed by atoms with E-state index in [9.17, 15) is 4.79 Å². The zero-order chi connectivity index (χ0) is 21.5. The van der Waals surface area contributed by atoms with Gasteiger partial charge in [-0.3, -0.25) is 4.79 Å². The third-order valence-corrected chi connectivity index (χ3v) is 5.86. The minimum atomic E-state index is 0.222. The van der Waals surface area contributed by atoms with Gasteiger partial charge in [-0.2, -0.15) is 0 Å². The van der Waals surface area contributed by atoms with Gasteiger partial charge in [0.25, 0.3) is 0 Å². The molecule has 2 aliphatic rings. The first kappa shape index (κ1) is 21.2. The second kappa shape index (κ2) is 10.3. The topological polar surface area (TPSA) is 57.2 Å². The second-order valence-electron chi connectivity index (χ2n) is 8.10. The van der Waals surface area contributed by atoms with Gasteiger partial charge >= 0.3 is 0 Å². The number of aliphatic imine (C=N–C) groups is 1. The summed E-state index contributed by atoms with van der Waals surface area (Å²) in [6, 6.07) is 18.3. The summed E-state index contributed by atoms with van der Waals surface area (Å²) < 4.78 is 6.12. The van der Waals surface area contributed by atoms with E-state index in [1.807, 2.05) is 47.4 Å². The van der Waals surface area contributed by atoms with Crippen LogP contribution in [0, 0.1) is 0 Å². The Labute approximate surface area is 184 Å². The standard InChI is InChI=1S/C25H32N4O2/c1-2-26-25(28-17-14-23(15-18-28)31-22-7-4-3-5-8-22)27-19-20-10-12-21(13-11-20)29-16-6-9-24(29)30/h3-5,7-8,10-13,23H,2,6,9,14-19H2,1H3,(H,26,27). The number of anilines is 1. The molecule has 0 saturated carbocycles. The van der Waals surface area contributed by atoms with Gasteiger partial charge in [-0.15, -0.1) is 0 Å². The normalized spacial score (nSPS) is 17.8. The fourth-order valence-corrected chi connectivity index (χ4v) is 4.17. The molecule has 1 N–H and O–H groups in total. The summed E-state index contributed by atoms with van der Waals surface area (Å²) in [5.41, 5.74) is 2.13. The minimum absolute atomic E-state index is 0.222. The van der Waals surface area contributed by atoms with Gasteiger partial charge in [0.05, 0.1) is 6.54 Å². The Hall–Kier alpha value is -3.02. The smallest absolute Gasteiger partial charge is 0.227 e. The number of ether oxygens (including phenoxy) is 1. The van der Waals surface area contributed by atoms with E-state index < -0.39 is 0 Å². The summed E-state index contributed by atoms with van der Waals surface area (Å²) in [6.45, 7) is 6.25. The van der Waals surface area contributed by atoms with E-state index in [2.05, 4.69) is 29.3 Å². The predicted octanol–water partition coefficient (Wildman–Crippen LogP) is 3.82. The molecule has 0 spiro atoms. The van der Waals surface area contributed by atoms with E-state index in [1.54, 1.807) is 0 Å². The van der Waals surface area contributed by atoms with E-state index in [0.717, 1.165) is 68.4 Å². The summed E-state index contributed by atoms with van der Waals surface area (Å²) in [4.78, 5) is 21.0. The number of guanidine groups is 1. The van der Waals surface area contributed by atoms with Crippen molar-refractivity contribution in [2.45, 2.75) is 45.3 Å². The van der Waals surface area contributed by atoms with E-state index in [0.29, 0.717) is 13.0 Å². The van der Waals surface area contributed by atoms with E-state index in [4.69, 9.17) is 9.73 Å². The molecule has 0 aromatic heterocycles. The van der Waals surface area contributed by atoms with Crippen LogP contribution in [0.1, 0.15) is 38.2 Å². The molecule has 2 fully saturated rings. The van der Waals surface area contributed by atoms with Crippen LogP contribution in [0.3, 0.4) is 0 Å². The lowest BCUT2D eigenvalue weighted by Crippen LogP contribution is -2.47. The Morgan fingerprint density at radius 3 is 2.45 bits per heavy atom. The number of piperidine rings is 1. The number of benzene rings is 2. The van der Waals surface area contributed by atoms with Crippen LogP contribution in [0.4, 0.5) is 5.69 Å². The summed E-state index contributed by atoms with van der Waals surface area (Å²) in [6.07, 6.45) is 3.83. The first-order chi connectivity index (χ1) is 15.2. The third-order valence-electron chi connectivity index (χ3n) is 5.86. The molecule has 0 radical (unpaired) electrons. The Balaban J connectivity index is 1.32. The minimum Gasteiger partial charge on any atom is -0.490 e. The van der Waals surface area contributed by atoms with Crippen LogP contribution >= 0.6 is 0 Å². The third kappa shape index (κ3) is 5.57. The van der Waals surface area contributed by atoms with Gasteiger partial charge in [0.1, 0.15) is 11.9 Å². The summed E-state index contributed by atoms with van der Waals surface area (Å²) >= 11 is 0. The van der Waals surface area contributed by atoms with Crippen molar-refractivity contribution in [3.05, 3.63) is 60.2 Å². The van der Waals surface area contributed by atoms with Crippen LogP contribution < -0.4 is 15.0 Å². The van der Waals surface area contributed by atoms with Crippen molar-refractivity contribution < 1.29 is 9.53 Å². The van der Waals surface area contributed by atoms with Crippen LogP contribution in [0.2, 0.25) is 0 Å². The van der Waals surface area contributed by atoms with E-state index in [1.165, 1.54) is 0 Å². The highest BCUT2D eigenvalue weighted by atomic mass is 16.5. The first-order valence-electron chi connectivity index (χ1n) is 11.4. The van der Waals surface area contributed by atoms with Gasteiger partial charge in [0.2, 0.25) is 5.91 Å².